The first-order valence-corrected chi connectivity index (χ1v) is 10.7. The van der Waals surface area contributed by atoms with E-state index in [9.17, 15) is 20.0 Å². The Morgan fingerprint density at radius 3 is 2.55 bits per heavy atom. The number of ether oxygens (including phenoxy) is 1. The number of non-ortho nitro benzene ring substituents is 1. The Bertz CT molecular complexity index is 1130. The molecule has 9 nitrogen and oxygen atoms in total. The smallest absolute Gasteiger partial charge is 0.337 e. The van der Waals surface area contributed by atoms with Gasteiger partial charge < -0.3 is 14.7 Å². The minimum absolute atomic E-state index is 0.0630. The number of anilines is 1. The predicted molar refractivity (Wildman–Crippen MR) is 125 cm³/mol. The number of nitro groups is 1. The number of hydrazone groups is 1. The molecule has 0 radical (unpaired) electrons. The molecule has 1 heterocycles. The van der Waals surface area contributed by atoms with Gasteiger partial charge in [0.05, 0.1) is 35.6 Å². The molecule has 170 valence electrons. The van der Waals surface area contributed by atoms with Crippen molar-refractivity contribution in [1.29, 1.82) is 0 Å². The van der Waals surface area contributed by atoms with E-state index in [1.807, 2.05) is 0 Å². The van der Waals surface area contributed by atoms with Crippen LogP contribution in [0, 0.1) is 10.1 Å². The summed E-state index contributed by atoms with van der Waals surface area (Å²) in [5, 5.41) is 24.6. The molecule has 2 aromatic rings. The number of carbonyl (C=O) groups is 1. The molecule has 0 unspecified atom stereocenters. The van der Waals surface area contributed by atoms with Gasteiger partial charge in [-0.05, 0) is 59.9 Å². The zero-order valence-electron chi connectivity index (χ0n) is 17.9. The molecule has 0 amide bonds. The molecule has 0 bridgehead atoms. The van der Waals surface area contributed by atoms with Crippen molar-refractivity contribution in [1.82, 2.24) is 4.90 Å². The van der Waals surface area contributed by atoms with Gasteiger partial charge in [-0.1, -0.05) is 12.1 Å². The molecule has 33 heavy (non-hydrogen) atoms. The lowest BCUT2D eigenvalue weighted by Crippen LogP contribution is -2.36. The molecular weight excluding hydrogens is 424 g/mol. The Hall–Kier alpha value is -3.98. The van der Waals surface area contributed by atoms with E-state index in [1.165, 1.54) is 18.2 Å². The molecule has 0 saturated carbocycles. The summed E-state index contributed by atoms with van der Waals surface area (Å²) >= 11 is 0. The van der Waals surface area contributed by atoms with E-state index in [0.29, 0.717) is 18.9 Å². The number of aromatic carboxylic acids is 1. The van der Waals surface area contributed by atoms with Crippen LogP contribution in [0.2, 0.25) is 0 Å². The van der Waals surface area contributed by atoms with Gasteiger partial charge in [-0.2, -0.15) is 5.10 Å². The van der Waals surface area contributed by atoms with Gasteiger partial charge in [0.2, 0.25) is 0 Å². The van der Waals surface area contributed by atoms with E-state index in [0.717, 1.165) is 48.3 Å². The van der Waals surface area contributed by atoms with Crippen LogP contribution in [0.4, 0.5) is 11.4 Å². The van der Waals surface area contributed by atoms with Crippen LogP contribution in [0.5, 0.6) is 0 Å². The van der Waals surface area contributed by atoms with Gasteiger partial charge in [-0.15, -0.1) is 0 Å². The minimum Gasteiger partial charge on any atom is -0.478 e. The number of benzene rings is 2. The Labute approximate surface area is 190 Å². The zero-order valence-corrected chi connectivity index (χ0v) is 17.9. The van der Waals surface area contributed by atoms with E-state index in [-0.39, 0.29) is 11.3 Å². The number of hydrogen-bond donors (Lipinski definition) is 2. The highest BCUT2D eigenvalue weighted by atomic mass is 16.6. The maximum atomic E-state index is 11.4. The first-order valence-electron chi connectivity index (χ1n) is 10.7. The number of nitrogens with one attached hydrogen (secondary N) is 1. The number of carboxylic acid groups (broad SMARTS) is 1. The number of para-hydroxylation sites is 1. The lowest BCUT2D eigenvalue weighted by molar-refractivity contribution is -0.384. The number of morpholine rings is 1. The Kier molecular flexibility index (Phi) is 6.80. The average molecular weight is 448 g/mol. The second-order valence-electron chi connectivity index (χ2n) is 7.71. The van der Waals surface area contributed by atoms with E-state index in [1.54, 1.807) is 36.5 Å². The maximum Gasteiger partial charge on any atom is 0.337 e. The van der Waals surface area contributed by atoms with Gasteiger partial charge >= 0.3 is 5.97 Å². The van der Waals surface area contributed by atoms with Gasteiger partial charge in [0.25, 0.3) is 5.69 Å². The highest BCUT2D eigenvalue weighted by molar-refractivity contribution is 5.94. The summed E-state index contributed by atoms with van der Waals surface area (Å²) in [7, 11) is 0. The quantitative estimate of drug-likeness (QED) is 0.371. The Morgan fingerprint density at radius 1 is 1.12 bits per heavy atom. The van der Waals surface area contributed by atoms with Gasteiger partial charge in [0.15, 0.2) is 0 Å². The molecule has 1 aliphatic heterocycles. The SMILES string of the molecule is O=C(O)c1ccccc1N/N=C/C1=C(N2CCOCC2)C(=C/c2ccc([N+](=O)[O-])cc2)/CC1. The number of rotatable bonds is 7. The maximum absolute atomic E-state index is 11.4. The monoisotopic (exact) mass is 448 g/mol. The van der Waals surface area contributed by atoms with Crippen molar-refractivity contribution in [3.05, 3.63) is 86.6 Å². The van der Waals surface area contributed by atoms with E-state index in [2.05, 4.69) is 21.5 Å². The molecule has 1 fully saturated rings. The third kappa shape index (κ3) is 5.27. The predicted octanol–water partition coefficient (Wildman–Crippen LogP) is 4.15. The van der Waals surface area contributed by atoms with E-state index in [4.69, 9.17) is 4.74 Å². The minimum atomic E-state index is -1.02. The van der Waals surface area contributed by atoms with E-state index < -0.39 is 10.9 Å². The van der Waals surface area contributed by atoms with E-state index >= 15 is 0 Å². The van der Waals surface area contributed by atoms with Crippen molar-refractivity contribution in [2.75, 3.05) is 31.7 Å². The third-order valence-corrected chi connectivity index (χ3v) is 5.61. The van der Waals surface area contributed by atoms with Crippen LogP contribution in [-0.4, -0.2) is 53.4 Å². The first-order chi connectivity index (χ1) is 16.0. The highest BCUT2D eigenvalue weighted by Crippen LogP contribution is 2.35. The van der Waals surface area contributed by atoms with Crippen LogP contribution in [0.15, 0.2) is 70.5 Å². The average Bonchev–Trinajstić information content (AvgIpc) is 3.22. The number of nitrogens with zero attached hydrogens (tertiary/aromatic N) is 3. The van der Waals surface area contributed by atoms with Crippen molar-refractivity contribution >= 4 is 29.6 Å². The summed E-state index contributed by atoms with van der Waals surface area (Å²) in [4.78, 5) is 24.2. The molecule has 1 saturated heterocycles. The molecule has 2 N–H and O–H groups in total. The molecule has 0 aromatic heterocycles. The standard InChI is InChI=1S/C24H24N4O5/c29-24(30)21-3-1-2-4-22(21)26-25-16-19-8-7-18(23(19)27-11-13-33-14-12-27)15-17-5-9-20(10-6-17)28(31)32/h1-6,9-10,15-16,26H,7-8,11-14H2,(H,29,30)/b18-15+,25-16+. The largest absolute Gasteiger partial charge is 0.478 e. The fourth-order valence-corrected chi connectivity index (χ4v) is 4.01. The van der Waals surface area contributed by atoms with Gasteiger partial charge in [0, 0.05) is 30.9 Å². The second-order valence-corrected chi connectivity index (χ2v) is 7.71. The molecule has 4 rings (SSSR count). The number of carboxylic acids is 1. The van der Waals surface area contributed by atoms with Crippen molar-refractivity contribution in [3.63, 3.8) is 0 Å². The van der Waals surface area contributed by atoms with Gasteiger partial charge in [0.1, 0.15) is 0 Å². The fourth-order valence-electron chi connectivity index (χ4n) is 4.01. The molecule has 0 atom stereocenters. The summed E-state index contributed by atoms with van der Waals surface area (Å²) in [5.74, 6) is -1.02. The lowest BCUT2D eigenvalue weighted by atomic mass is 10.1. The second kappa shape index (κ2) is 10.1. The summed E-state index contributed by atoms with van der Waals surface area (Å²) in [5.41, 5.74) is 7.67. The number of nitro benzene ring substituents is 1. The molecule has 2 aliphatic rings. The number of hydrogen-bond acceptors (Lipinski definition) is 7. The van der Waals surface area contributed by atoms with Crippen molar-refractivity contribution in [3.8, 4) is 0 Å². The normalized spacial score (nSPS) is 17.7. The summed E-state index contributed by atoms with van der Waals surface area (Å²) in [6.07, 6.45) is 5.41. The van der Waals surface area contributed by atoms with Crippen LogP contribution in [0.25, 0.3) is 6.08 Å². The topological polar surface area (TPSA) is 117 Å². The molecule has 1 aliphatic carbocycles. The Morgan fingerprint density at radius 2 is 1.85 bits per heavy atom. The third-order valence-electron chi connectivity index (χ3n) is 5.61. The van der Waals surface area contributed by atoms with Crippen LogP contribution in [0.1, 0.15) is 28.8 Å². The highest BCUT2D eigenvalue weighted by Gasteiger charge is 2.25. The first kappa shape index (κ1) is 22.2. The summed E-state index contributed by atoms with van der Waals surface area (Å²) < 4.78 is 5.51. The van der Waals surface area contributed by atoms with Crippen LogP contribution in [0.3, 0.4) is 0 Å². The molecular formula is C24H24N4O5. The van der Waals surface area contributed by atoms with Crippen molar-refractivity contribution < 1.29 is 19.6 Å². The van der Waals surface area contributed by atoms with Crippen molar-refractivity contribution in [2.45, 2.75) is 12.8 Å². The van der Waals surface area contributed by atoms with Gasteiger partial charge in [-0.25, -0.2) is 4.79 Å². The van der Waals surface area contributed by atoms with Crippen LogP contribution < -0.4 is 5.43 Å². The lowest BCUT2D eigenvalue weighted by Gasteiger charge is -2.31. The van der Waals surface area contributed by atoms with Crippen LogP contribution >= 0.6 is 0 Å². The molecule has 9 heteroatoms. The van der Waals surface area contributed by atoms with Crippen LogP contribution in [-0.2, 0) is 4.74 Å². The fraction of sp³-hybridized carbons (Fsp3) is 0.250. The van der Waals surface area contributed by atoms with Crippen molar-refractivity contribution in [2.24, 2.45) is 5.10 Å². The number of allylic oxidation sites excluding steroid dienone is 2. The Balaban J connectivity index is 1.61. The molecule has 2 aromatic carbocycles. The van der Waals surface area contributed by atoms with Gasteiger partial charge in [-0.3, -0.25) is 15.5 Å². The molecule has 0 spiro atoms. The summed E-state index contributed by atoms with van der Waals surface area (Å²) in [6, 6.07) is 13.1. The zero-order chi connectivity index (χ0) is 23.2. The summed E-state index contributed by atoms with van der Waals surface area (Å²) in [6.45, 7) is 2.81.